The van der Waals surface area contributed by atoms with E-state index in [9.17, 15) is 13.2 Å². The number of nitrogens with one attached hydrogen (secondary N) is 2. The van der Waals surface area contributed by atoms with E-state index < -0.39 is 10.0 Å². The highest BCUT2D eigenvalue weighted by Gasteiger charge is 2.16. The highest BCUT2D eigenvalue weighted by Crippen LogP contribution is 2.26. The van der Waals surface area contributed by atoms with Crippen LogP contribution in [0, 0.1) is 0 Å². The second-order valence-electron chi connectivity index (χ2n) is 6.66. The molecule has 0 saturated carbocycles. The number of hydrogen-bond acceptors (Lipinski definition) is 5. The second-order valence-corrected chi connectivity index (χ2v) is 10.0. The van der Waals surface area contributed by atoms with E-state index in [2.05, 4.69) is 15.0 Å². The summed E-state index contributed by atoms with van der Waals surface area (Å²) in [6, 6.07) is 10.7. The minimum Gasteiger partial charge on any atom is -0.350 e. The molecule has 2 aromatic carbocycles. The van der Waals surface area contributed by atoms with Crippen LogP contribution in [0.25, 0.3) is 4.96 Å². The Hall–Kier alpha value is -2.59. The lowest BCUT2D eigenvalue weighted by Gasteiger charge is -2.10. The first-order valence-electron chi connectivity index (χ1n) is 9.05. The largest absolute Gasteiger partial charge is 0.350 e. The van der Waals surface area contributed by atoms with Gasteiger partial charge in [-0.1, -0.05) is 35.3 Å². The van der Waals surface area contributed by atoms with Crippen LogP contribution in [0.3, 0.4) is 0 Å². The van der Waals surface area contributed by atoms with Crippen LogP contribution in [0.5, 0.6) is 0 Å². The number of halogens is 2. The Bertz CT molecular complexity index is 1320. The van der Waals surface area contributed by atoms with Crippen LogP contribution in [0.2, 0.25) is 10.0 Å². The molecule has 0 fully saturated rings. The first-order valence-corrected chi connectivity index (χ1v) is 12.2. The summed E-state index contributed by atoms with van der Waals surface area (Å²) in [6.45, 7) is 0.342. The number of benzene rings is 2. The lowest BCUT2D eigenvalue weighted by molar-refractivity contribution is -0.120. The van der Waals surface area contributed by atoms with E-state index in [-0.39, 0.29) is 27.3 Å². The molecule has 2 aromatic heterocycles. The predicted octanol–water partition coefficient (Wildman–Crippen LogP) is 4.36. The number of rotatable bonds is 7. The van der Waals surface area contributed by atoms with Gasteiger partial charge >= 0.3 is 0 Å². The highest BCUT2D eigenvalue weighted by molar-refractivity contribution is 7.92. The van der Waals surface area contributed by atoms with Crippen molar-refractivity contribution in [2.24, 2.45) is 0 Å². The van der Waals surface area contributed by atoms with Gasteiger partial charge in [0.1, 0.15) is 0 Å². The monoisotopic (exact) mass is 494 g/mol. The van der Waals surface area contributed by atoms with Gasteiger partial charge in [0.05, 0.1) is 33.6 Å². The molecular formula is C20H16Cl2N4O3S2. The van der Waals surface area contributed by atoms with Crippen molar-refractivity contribution in [3.8, 4) is 0 Å². The molecule has 0 saturated heterocycles. The summed E-state index contributed by atoms with van der Waals surface area (Å²) >= 11 is 13.3. The van der Waals surface area contributed by atoms with Gasteiger partial charge in [-0.05, 0) is 35.9 Å². The van der Waals surface area contributed by atoms with Crippen molar-refractivity contribution in [3.63, 3.8) is 0 Å². The van der Waals surface area contributed by atoms with Gasteiger partial charge in [-0.3, -0.25) is 13.9 Å². The number of amides is 1. The standard InChI is InChI=1S/C20H16Cl2N4O3S2/c21-17-6-5-16(10-18(17)22)31(28,29)25-14-3-1-13(2-4-14)9-19(27)23-11-15-12-26-7-8-30-20(26)24-15/h1-8,10,12,25H,9,11H2,(H,23,27). The number of nitrogens with zero attached hydrogens (tertiary/aromatic N) is 2. The Morgan fingerprint density at radius 3 is 2.58 bits per heavy atom. The molecule has 31 heavy (non-hydrogen) atoms. The zero-order chi connectivity index (χ0) is 22.0. The topological polar surface area (TPSA) is 92.6 Å². The number of fused-ring (bicyclic) bond motifs is 1. The van der Waals surface area contributed by atoms with Crippen molar-refractivity contribution in [2.45, 2.75) is 17.9 Å². The summed E-state index contributed by atoms with van der Waals surface area (Å²) in [4.78, 5) is 17.5. The van der Waals surface area contributed by atoms with E-state index in [0.717, 1.165) is 16.2 Å². The first kappa shape index (κ1) is 21.6. The summed E-state index contributed by atoms with van der Waals surface area (Å²) in [5.41, 5.74) is 1.90. The van der Waals surface area contributed by atoms with E-state index in [1.165, 1.54) is 29.5 Å². The molecule has 2 N–H and O–H groups in total. The molecule has 4 aromatic rings. The van der Waals surface area contributed by atoms with Gasteiger partial charge in [0, 0.05) is 23.5 Å². The third-order valence-corrected chi connectivity index (χ3v) is 7.27. The van der Waals surface area contributed by atoms with E-state index >= 15 is 0 Å². The second kappa shape index (κ2) is 8.88. The maximum Gasteiger partial charge on any atom is 0.261 e. The quantitative estimate of drug-likeness (QED) is 0.399. The summed E-state index contributed by atoms with van der Waals surface area (Å²) in [6.07, 6.45) is 3.96. The number of imidazole rings is 1. The van der Waals surface area contributed by atoms with Crippen molar-refractivity contribution in [1.29, 1.82) is 0 Å². The maximum absolute atomic E-state index is 12.5. The van der Waals surface area contributed by atoms with Crippen LogP contribution in [0.15, 0.2) is 65.1 Å². The van der Waals surface area contributed by atoms with Crippen molar-refractivity contribution in [2.75, 3.05) is 4.72 Å². The third-order valence-electron chi connectivity index (χ3n) is 4.38. The molecule has 2 heterocycles. The number of carbonyl (C=O) groups is 1. The fourth-order valence-corrected chi connectivity index (χ4v) is 5.01. The van der Waals surface area contributed by atoms with Gasteiger partial charge in [0.15, 0.2) is 4.96 Å². The number of hydrogen-bond donors (Lipinski definition) is 2. The molecular weight excluding hydrogens is 479 g/mol. The minimum absolute atomic E-state index is 0.00417. The van der Waals surface area contributed by atoms with E-state index in [0.29, 0.717) is 12.2 Å². The highest BCUT2D eigenvalue weighted by atomic mass is 35.5. The number of sulfonamides is 1. The van der Waals surface area contributed by atoms with Crippen LogP contribution >= 0.6 is 34.5 Å². The van der Waals surface area contributed by atoms with Gasteiger partial charge < -0.3 is 5.32 Å². The predicted molar refractivity (Wildman–Crippen MR) is 122 cm³/mol. The molecule has 160 valence electrons. The zero-order valence-corrected chi connectivity index (χ0v) is 19.0. The minimum atomic E-state index is -3.81. The fourth-order valence-electron chi connectivity index (χ4n) is 2.85. The summed E-state index contributed by atoms with van der Waals surface area (Å²) in [5, 5.41) is 5.21. The zero-order valence-electron chi connectivity index (χ0n) is 15.9. The summed E-state index contributed by atoms with van der Waals surface area (Å²) < 4.78 is 29.4. The molecule has 0 bridgehead atoms. The summed E-state index contributed by atoms with van der Waals surface area (Å²) in [5.74, 6) is -0.152. The average Bonchev–Trinajstić information content (AvgIpc) is 3.31. The molecule has 1 amide bonds. The van der Waals surface area contributed by atoms with Crippen LogP contribution < -0.4 is 10.0 Å². The van der Waals surface area contributed by atoms with Gasteiger partial charge in [-0.2, -0.15) is 0 Å². The number of carbonyl (C=O) groups excluding carboxylic acids is 1. The van der Waals surface area contributed by atoms with Gasteiger partial charge in [0.2, 0.25) is 5.91 Å². The van der Waals surface area contributed by atoms with Gasteiger partial charge in [-0.15, -0.1) is 11.3 Å². The molecule has 0 spiro atoms. The Balaban J connectivity index is 1.34. The molecule has 0 unspecified atom stereocenters. The van der Waals surface area contributed by atoms with Crippen LogP contribution in [-0.2, 0) is 27.8 Å². The number of thiazole rings is 1. The number of aromatic nitrogens is 2. The van der Waals surface area contributed by atoms with Crippen molar-refractivity contribution in [3.05, 3.63) is 81.5 Å². The fraction of sp³-hybridized carbons (Fsp3) is 0.100. The van der Waals surface area contributed by atoms with E-state index in [4.69, 9.17) is 23.2 Å². The Kier molecular flexibility index (Phi) is 6.19. The third kappa shape index (κ3) is 5.19. The number of anilines is 1. The molecule has 0 aliphatic heterocycles. The molecule has 0 aliphatic carbocycles. The van der Waals surface area contributed by atoms with E-state index in [1.807, 2.05) is 22.2 Å². The lowest BCUT2D eigenvalue weighted by atomic mass is 10.1. The Morgan fingerprint density at radius 2 is 1.87 bits per heavy atom. The van der Waals surface area contributed by atoms with Crippen molar-refractivity contribution in [1.82, 2.24) is 14.7 Å². The van der Waals surface area contributed by atoms with Crippen LogP contribution in [0.1, 0.15) is 11.3 Å². The Labute approximate surface area is 192 Å². The van der Waals surface area contributed by atoms with Crippen LogP contribution in [-0.4, -0.2) is 23.7 Å². The maximum atomic E-state index is 12.5. The molecule has 0 aliphatic rings. The average molecular weight is 495 g/mol. The molecule has 11 heteroatoms. The molecule has 0 radical (unpaired) electrons. The SMILES string of the molecule is O=C(Cc1ccc(NS(=O)(=O)c2ccc(Cl)c(Cl)c2)cc1)NCc1cn2ccsc2n1. The normalized spacial score (nSPS) is 11.5. The molecule has 7 nitrogen and oxygen atoms in total. The van der Waals surface area contributed by atoms with Gasteiger partial charge in [-0.25, -0.2) is 13.4 Å². The first-order chi connectivity index (χ1) is 14.8. The summed E-state index contributed by atoms with van der Waals surface area (Å²) in [7, 11) is -3.81. The van der Waals surface area contributed by atoms with Crippen molar-refractivity contribution < 1.29 is 13.2 Å². The smallest absolute Gasteiger partial charge is 0.261 e. The Morgan fingerprint density at radius 1 is 1.10 bits per heavy atom. The van der Waals surface area contributed by atoms with E-state index in [1.54, 1.807) is 24.3 Å². The lowest BCUT2D eigenvalue weighted by Crippen LogP contribution is -2.24. The van der Waals surface area contributed by atoms with Crippen molar-refractivity contribution >= 4 is 61.1 Å². The molecule has 0 atom stereocenters. The molecule has 4 rings (SSSR count). The van der Waals surface area contributed by atoms with Gasteiger partial charge in [0.25, 0.3) is 10.0 Å². The van der Waals surface area contributed by atoms with Crippen LogP contribution in [0.4, 0.5) is 5.69 Å².